The number of hydrogen-bond donors (Lipinski definition) is 1. The van der Waals surface area contributed by atoms with Crippen molar-refractivity contribution in [3.05, 3.63) is 47.4 Å². The fourth-order valence-corrected chi connectivity index (χ4v) is 1.71. The van der Waals surface area contributed by atoms with Gasteiger partial charge in [0, 0.05) is 11.3 Å². The van der Waals surface area contributed by atoms with Crippen molar-refractivity contribution in [1.29, 1.82) is 0 Å². The Balaban J connectivity index is 2.13. The fourth-order valence-electron chi connectivity index (χ4n) is 1.71. The van der Waals surface area contributed by atoms with Crippen molar-refractivity contribution in [3.8, 4) is 5.75 Å². The van der Waals surface area contributed by atoms with E-state index in [1.54, 1.807) is 0 Å². The molecule has 94 valence electrons. The van der Waals surface area contributed by atoms with Gasteiger partial charge in [-0.15, -0.1) is 0 Å². The van der Waals surface area contributed by atoms with Crippen LogP contribution in [0.15, 0.2) is 30.3 Å². The van der Waals surface area contributed by atoms with E-state index in [0.717, 1.165) is 23.4 Å². The molecule has 0 amide bonds. The molecule has 0 unspecified atom stereocenters. The summed E-state index contributed by atoms with van der Waals surface area (Å²) in [5.41, 5.74) is 7.80. The summed E-state index contributed by atoms with van der Waals surface area (Å²) >= 11 is 0. The lowest BCUT2D eigenvalue weighted by molar-refractivity contribution is 0.295. The number of hydrogen-bond acceptors (Lipinski definition) is 4. The van der Waals surface area contributed by atoms with E-state index in [9.17, 15) is 0 Å². The van der Waals surface area contributed by atoms with Crippen LogP contribution < -0.4 is 10.5 Å². The Morgan fingerprint density at radius 2 is 1.89 bits per heavy atom. The van der Waals surface area contributed by atoms with Crippen LogP contribution in [0.2, 0.25) is 0 Å². The molecule has 0 fully saturated rings. The Labute approximate surface area is 107 Å². The molecule has 18 heavy (non-hydrogen) atoms. The molecular weight excluding hydrogens is 226 g/mol. The summed E-state index contributed by atoms with van der Waals surface area (Å²) in [5, 5.41) is 0. The first-order valence-electron chi connectivity index (χ1n) is 6.00. The number of aryl methyl sites for hydroxylation is 1. The van der Waals surface area contributed by atoms with Crippen LogP contribution in [0.3, 0.4) is 0 Å². The number of nitrogens with two attached hydrogens (primary N) is 1. The zero-order chi connectivity index (χ0) is 13.0. The van der Waals surface area contributed by atoms with Crippen molar-refractivity contribution in [3.63, 3.8) is 0 Å². The summed E-state index contributed by atoms with van der Waals surface area (Å²) in [5.74, 6) is 1.96. The first-order chi connectivity index (χ1) is 8.70. The molecule has 4 heteroatoms. The van der Waals surface area contributed by atoms with Crippen molar-refractivity contribution < 1.29 is 4.74 Å². The lowest BCUT2D eigenvalue weighted by Gasteiger charge is -2.09. The van der Waals surface area contributed by atoms with Crippen LogP contribution in [0, 0.1) is 6.92 Å². The van der Waals surface area contributed by atoms with Gasteiger partial charge in [-0.25, -0.2) is 9.97 Å². The quantitative estimate of drug-likeness (QED) is 0.896. The van der Waals surface area contributed by atoms with E-state index in [1.165, 1.54) is 0 Å². The summed E-state index contributed by atoms with van der Waals surface area (Å²) < 4.78 is 5.61. The van der Waals surface area contributed by atoms with Gasteiger partial charge in [0.25, 0.3) is 0 Å². The SMILES string of the molecule is CCc1nc(COc2ccccc2)nc(N)c1C. The molecule has 0 saturated carbocycles. The van der Waals surface area contributed by atoms with Gasteiger partial charge in [0.1, 0.15) is 18.2 Å². The number of rotatable bonds is 4. The van der Waals surface area contributed by atoms with Gasteiger partial charge in [0.15, 0.2) is 5.82 Å². The Hall–Kier alpha value is -2.10. The second-order valence-electron chi connectivity index (χ2n) is 4.05. The lowest BCUT2D eigenvalue weighted by Crippen LogP contribution is -2.09. The van der Waals surface area contributed by atoms with E-state index in [1.807, 2.05) is 37.3 Å². The van der Waals surface area contributed by atoms with Crippen LogP contribution in [0.1, 0.15) is 24.0 Å². The van der Waals surface area contributed by atoms with E-state index in [-0.39, 0.29) is 0 Å². The minimum Gasteiger partial charge on any atom is -0.486 e. The molecular formula is C14H17N3O. The third-order valence-electron chi connectivity index (χ3n) is 2.78. The fraction of sp³-hybridized carbons (Fsp3) is 0.286. The minimum absolute atomic E-state index is 0.335. The third-order valence-corrected chi connectivity index (χ3v) is 2.78. The Morgan fingerprint density at radius 1 is 1.17 bits per heavy atom. The minimum atomic E-state index is 0.335. The Kier molecular flexibility index (Phi) is 3.77. The molecule has 1 aromatic carbocycles. The number of anilines is 1. The van der Waals surface area contributed by atoms with Crippen molar-refractivity contribution in [2.24, 2.45) is 0 Å². The number of nitrogens with zero attached hydrogens (tertiary/aromatic N) is 2. The lowest BCUT2D eigenvalue weighted by atomic mass is 10.2. The molecule has 0 aliphatic rings. The number of nitrogen functional groups attached to an aromatic ring is 1. The smallest absolute Gasteiger partial charge is 0.168 e. The second-order valence-corrected chi connectivity index (χ2v) is 4.05. The van der Waals surface area contributed by atoms with Crippen LogP contribution in [0.5, 0.6) is 5.75 Å². The van der Waals surface area contributed by atoms with Gasteiger partial charge in [-0.2, -0.15) is 0 Å². The molecule has 0 bridgehead atoms. The van der Waals surface area contributed by atoms with Crippen molar-refractivity contribution >= 4 is 5.82 Å². The van der Waals surface area contributed by atoms with Gasteiger partial charge in [0.2, 0.25) is 0 Å². The number of benzene rings is 1. The van der Waals surface area contributed by atoms with Gasteiger partial charge >= 0.3 is 0 Å². The Bertz CT molecular complexity index is 526. The van der Waals surface area contributed by atoms with Crippen molar-refractivity contribution in [2.45, 2.75) is 26.9 Å². The largest absolute Gasteiger partial charge is 0.486 e. The van der Waals surface area contributed by atoms with Crippen molar-refractivity contribution in [2.75, 3.05) is 5.73 Å². The first kappa shape index (κ1) is 12.4. The van der Waals surface area contributed by atoms with E-state index in [0.29, 0.717) is 18.2 Å². The average molecular weight is 243 g/mol. The molecule has 2 N–H and O–H groups in total. The molecule has 0 saturated heterocycles. The van der Waals surface area contributed by atoms with E-state index >= 15 is 0 Å². The van der Waals surface area contributed by atoms with Gasteiger partial charge in [-0.3, -0.25) is 0 Å². The Morgan fingerprint density at radius 3 is 2.56 bits per heavy atom. The first-order valence-corrected chi connectivity index (χ1v) is 6.00. The van der Waals surface area contributed by atoms with Crippen LogP contribution >= 0.6 is 0 Å². The monoisotopic (exact) mass is 243 g/mol. The second kappa shape index (κ2) is 5.49. The predicted octanol–water partition coefficient (Wildman–Crippen LogP) is 2.51. The predicted molar refractivity (Wildman–Crippen MR) is 71.3 cm³/mol. The van der Waals surface area contributed by atoms with E-state index in [4.69, 9.17) is 10.5 Å². The highest BCUT2D eigenvalue weighted by Gasteiger charge is 2.07. The zero-order valence-corrected chi connectivity index (χ0v) is 10.7. The highest BCUT2D eigenvalue weighted by Crippen LogP contribution is 2.15. The summed E-state index contributed by atoms with van der Waals surface area (Å²) in [6, 6.07) is 9.60. The van der Waals surface area contributed by atoms with Crippen LogP contribution in [0.25, 0.3) is 0 Å². The number of para-hydroxylation sites is 1. The maximum absolute atomic E-state index is 5.86. The molecule has 2 aromatic rings. The maximum Gasteiger partial charge on any atom is 0.168 e. The maximum atomic E-state index is 5.86. The van der Waals surface area contributed by atoms with Crippen LogP contribution in [-0.2, 0) is 13.0 Å². The topological polar surface area (TPSA) is 61.0 Å². The van der Waals surface area contributed by atoms with Crippen LogP contribution in [-0.4, -0.2) is 9.97 Å². The average Bonchev–Trinajstić information content (AvgIpc) is 2.41. The molecule has 0 spiro atoms. The molecule has 0 aliphatic heterocycles. The van der Waals surface area contributed by atoms with Crippen LogP contribution in [0.4, 0.5) is 5.82 Å². The summed E-state index contributed by atoms with van der Waals surface area (Å²) in [6.45, 7) is 4.33. The molecule has 2 rings (SSSR count). The van der Waals surface area contributed by atoms with Gasteiger partial charge in [-0.05, 0) is 25.5 Å². The molecule has 0 atom stereocenters. The standard InChI is InChI=1S/C14H17N3O/c1-3-12-10(2)14(15)17-13(16-12)9-18-11-7-5-4-6-8-11/h4-8H,3,9H2,1-2H3,(H2,15,16,17). The number of ether oxygens (including phenoxy) is 1. The molecule has 1 aromatic heterocycles. The normalized spacial score (nSPS) is 10.3. The van der Waals surface area contributed by atoms with Gasteiger partial charge in [-0.1, -0.05) is 25.1 Å². The third kappa shape index (κ3) is 2.77. The van der Waals surface area contributed by atoms with E-state index in [2.05, 4.69) is 16.9 Å². The highest BCUT2D eigenvalue weighted by molar-refractivity contribution is 5.41. The highest BCUT2D eigenvalue weighted by atomic mass is 16.5. The summed E-state index contributed by atoms with van der Waals surface area (Å²) in [4.78, 5) is 8.69. The van der Waals surface area contributed by atoms with Crippen molar-refractivity contribution in [1.82, 2.24) is 9.97 Å². The summed E-state index contributed by atoms with van der Waals surface area (Å²) in [7, 11) is 0. The summed E-state index contributed by atoms with van der Waals surface area (Å²) in [6.07, 6.45) is 0.844. The van der Waals surface area contributed by atoms with Gasteiger partial charge in [0.05, 0.1) is 0 Å². The molecule has 0 radical (unpaired) electrons. The zero-order valence-electron chi connectivity index (χ0n) is 10.7. The van der Waals surface area contributed by atoms with Gasteiger partial charge < -0.3 is 10.5 Å². The van der Waals surface area contributed by atoms with E-state index < -0.39 is 0 Å². The molecule has 4 nitrogen and oxygen atoms in total. The number of aromatic nitrogens is 2. The molecule has 0 aliphatic carbocycles. The molecule has 1 heterocycles.